The number of nitrogens with zero attached hydrogens (tertiary/aromatic N) is 2. The van der Waals surface area contributed by atoms with Crippen LogP contribution >= 0.6 is 0 Å². The largest absolute Gasteiger partial charge is 0.307 e. The summed E-state index contributed by atoms with van der Waals surface area (Å²) in [6, 6.07) is 9.03. The van der Waals surface area contributed by atoms with Crippen LogP contribution in [-0.2, 0) is 4.79 Å². The zero-order valence-electron chi connectivity index (χ0n) is 9.08. The first kappa shape index (κ1) is 11.0. The molecule has 0 aromatic carbocycles. The Kier molecular flexibility index (Phi) is 3.60. The second-order valence-corrected chi connectivity index (χ2v) is 3.32. The molecule has 0 aliphatic rings. The van der Waals surface area contributed by atoms with Gasteiger partial charge < -0.3 is 5.32 Å². The van der Waals surface area contributed by atoms with Crippen molar-refractivity contribution >= 4 is 17.8 Å². The maximum Gasteiger partial charge on any atom is 0.249 e. The van der Waals surface area contributed by atoms with Gasteiger partial charge in [0.15, 0.2) is 0 Å². The molecule has 4 nitrogen and oxygen atoms in total. The molecule has 0 atom stereocenters. The van der Waals surface area contributed by atoms with E-state index in [0.717, 1.165) is 5.56 Å². The molecular weight excluding hydrogens is 214 g/mol. The third-order valence-corrected chi connectivity index (χ3v) is 2.03. The number of carbonyl (C=O) groups is 1. The minimum Gasteiger partial charge on any atom is -0.307 e. The fourth-order valence-electron chi connectivity index (χ4n) is 1.25. The molecule has 1 N–H and O–H groups in total. The van der Waals surface area contributed by atoms with Crippen molar-refractivity contribution < 1.29 is 4.79 Å². The van der Waals surface area contributed by atoms with Gasteiger partial charge in [-0.3, -0.25) is 9.78 Å². The van der Waals surface area contributed by atoms with Gasteiger partial charge in [0, 0.05) is 24.7 Å². The molecule has 1 amide bonds. The lowest BCUT2D eigenvalue weighted by molar-refractivity contribution is -0.111. The van der Waals surface area contributed by atoms with E-state index in [1.165, 1.54) is 6.08 Å². The van der Waals surface area contributed by atoms with Crippen LogP contribution in [0.3, 0.4) is 0 Å². The Balaban J connectivity index is 1.96. The summed E-state index contributed by atoms with van der Waals surface area (Å²) in [5.74, 6) is 0.320. The summed E-state index contributed by atoms with van der Waals surface area (Å²) in [4.78, 5) is 19.5. The number of hydrogen-bond donors (Lipinski definition) is 1. The second kappa shape index (κ2) is 5.55. The molecule has 0 aliphatic carbocycles. The van der Waals surface area contributed by atoms with Gasteiger partial charge in [0.1, 0.15) is 5.82 Å². The predicted octanol–water partition coefficient (Wildman–Crippen LogP) is 2.13. The lowest BCUT2D eigenvalue weighted by Crippen LogP contribution is -2.08. The smallest absolute Gasteiger partial charge is 0.249 e. The second-order valence-electron chi connectivity index (χ2n) is 3.32. The molecule has 2 heterocycles. The minimum absolute atomic E-state index is 0.215. The van der Waals surface area contributed by atoms with Crippen molar-refractivity contribution in [2.75, 3.05) is 5.32 Å². The maximum atomic E-state index is 11.5. The summed E-state index contributed by atoms with van der Waals surface area (Å²) in [6.07, 6.45) is 8.15. The van der Waals surface area contributed by atoms with Crippen molar-refractivity contribution in [2.24, 2.45) is 0 Å². The van der Waals surface area contributed by atoms with E-state index in [2.05, 4.69) is 15.3 Å². The lowest BCUT2D eigenvalue weighted by atomic mass is 10.2. The molecule has 0 radical (unpaired) electrons. The SMILES string of the molecule is O=C(C=Cc1cccnc1)Nc1ccccn1. The van der Waals surface area contributed by atoms with Gasteiger partial charge in [-0.05, 0) is 29.8 Å². The summed E-state index contributed by atoms with van der Waals surface area (Å²) >= 11 is 0. The van der Waals surface area contributed by atoms with Gasteiger partial charge in [-0.1, -0.05) is 12.1 Å². The lowest BCUT2D eigenvalue weighted by Gasteiger charge is -1.99. The number of hydrogen-bond acceptors (Lipinski definition) is 3. The van der Waals surface area contributed by atoms with Crippen LogP contribution in [0.2, 0.25) is 0 Å². The van der Waals surface area contributed by atoms with Gasteiger partial charge in [-0.15, -0.1) is 0 Å². The monoisotopic (exact) mass is 225 g/mol. The summed E-state index contributed by atoms with van der Waals surface area (Å²) in [5.41, 5.74) is 0.878. The summed E-state index contributed by atoms with van der Waals surface area (Å²) in [5, 5.41) is 2.65. The predicted molar refractivity (Wildman–Crippen MR) is 66.1 cm³/mol. The fraction of sp³-hybridized carbons (Fsp3) is 0. The Hall–Kier alpha value is -2.49. The van der Waals surface area contributed by atoms with Crippen LogP contribution in [0.4, 0.5) is 5.82 Å². The van der Waals surface area contributed by atoms with E-state index in [0.29, 0.717) is 5.82 Å². The number of rotatable bonds is 3. The molecule has 0 saturated carbocycles. The fourth-order valence-corrected chi connectivity index (χ4v) is 1.25. The Morgan fingerprint density at radius 3 is 2.82 bits per heavy atom. The first-order chi connectivity index (χ1) is 8.34. The van der Waals surface area contributed by atoms with Crippen LogP contribution in [0, 0.1) is 0 Å². The third-order valence-electron chi connectivity index (χ3n) is 2.03. The summed E-state index contributed by atoms with van der Waals surface area (Å²) < 4.78 is 0. The molecule has 17 heavy (non-hydrogen) atoms. The van der Waals surface area contributed by atoms with Gasteiger partial charge in [0.25, 0.3) is 0 Å². The van der Waals surface area contributed by atoms with E-state index in [1.54, 1.807) is 36.8 Å². The highest BCUT2D eigenvalue weighted by Crippen LogP contribution is 2.02. The molecule has 2 aromatic rings. The average molecular weight is 225 g/mol. The van der Waals surface area contributed by atoms with Crippen molar-refractivity contribution in [3.63, 3.8) is 0 Å². The minimum atomic E-state index is -0.215. The van der Waals surface area contributed by atoms with Crippen LogP contribution in [0.15, 0.2) is 55.0 Å². The Morgan fingerprint density at radius 2 is 2.12 bits per heavy atom. The van der Waals surface area contributed by atoms with Crippen molar-refractivity contribution in [2.45, 2.75) is 0 Å². The number of anilines is 1. The highest BCUT2D eigenvalue weighted by atomic mass is 16.1. The van der Waals surface area contributed by atoms with Crippen molar-refractivity contribution in [1.82, 2.24) is 9.97 Å². The van der Waals surface area contributed by atoms with Crippen LogP contribution in [0.1, 0.15) is 5.56 Å². The van der Waals surface area contributed by atoms with E-state index < -0.39 is 0 Å². The van der Waals surface area contributed by atoms with Crippen molar-refractivity contribution in [3.8, 4) is 0 Å². The Morgan fingerprint density at radius 1 is 1.18 bits per heavy atom. The van der Waals surface area contributed by atoms with Gasteiger partial charge in [-0.2, -0.15) is 0 Å². The molecule has 4 heteroatoms. The molecule has 0 spiro atoms. The quantitative estimate of drug-likeness (QED) is 0.814. The van der Waals surface area contributed by atoms with E-state index >= 15 is 0 Å². The zero-order chi connectivity index (χ0) is 11.9. The van der Waals surface area contributed by atoms with Crippen molar-refractivity contribution in [1.29, 1.82) is 0 Å². The van der Waals surface area contributed by atoms with Crippen molar-refractivity contribution in [3.05, 3.63) is 60.6 Å². The first-order valence-corrected chi connectivity index (χ1v) is 5.15. The van der Waals surface area contributed by atoms with E-state index in [-0.39, 0.29) is 5.91 Å². The molecule has 2 aromatic heterocycles. The van der Waals surface area contributed by atoms with Gasteiger partial charge in [0.2, 0.25) is 5.91 Å². The summed E-state index contributed by atoms with van der Waals surface area (Å²) in [7, 11) is 0. The van der Waals surface area contributed by atoms with Gasteiger partial charge in [0.05, 0.1) is 0 Å². The highest BCUT2D eigenvalue weighted by Gasteiger charge is 1.97. The zero-order valence-corrected chi connectivity index (χ0v) is 9.08. The number of nitrogens with one attached hydrogen (secondary N) is 1. The topological polar surface area (TPSA) is 54.9 Å². The van der Waals surface area contributed by atoms with Crippen LogP contribution in [0.25, 0.3) is 6.08 Å². The van der Waals surface area contributed by atoms with Gasteiger partial charge >= 0.3 is 0 Å². The maximum absolute atomic E-state index is 11.5. The number of aromatic nitrogens is 2. The normalized spacial score (nSPS) is 10.4. The first-order valence-electron chi connectivity index (χ1n) is 5.15. The van der Waals surface area contributed by atoms with E-state index in [9.17, 15) is 4.79 Å². The molecule has 84 valence electrons. The van der Waals surface area contributed by atoms with Crippen LogP contribution in [0.5, 0.6) is 0 Å². The van der Waals surface area contributed by atoms with E-state index in [4.69, 9.17) is 0 Å². The number of pyridine rings is 2. The molecule has 0 fully saturated rings. The third kappa shape index (κ3) is 3.53. The van der Waals surface area contributed by atoms with Crippen LogP contribution in [-0.4, -0.2) is 15.9 Å². The molecule has 2 rings (SSSR count). The van der Waals surface area contributed by atoms with Crippen LogP contribution < -0.4 is 5.32 Å². The average Bonchev–Trinajstić information content (AvgIpc) is 2.39. The molecule has 0 aliphatic heterocycles. The molecular formula is C13H11N3O. The number of amides is 1. The highest BCUT2D eigenvalue weighted by molar-refractivity contribution is 6.01. The molecule has 0 bridgehead atoms. The molecule has 0 unspecified atom stereocenters. The Bertz CT molecular complexity index is 509. The van der Waals surface area contributed by atoms with E-state index in [1.807, 2.05) is 18.2 Å². The standard InChI is InChI=1S/C13H11N3O/c17-13(16-12-5-1-2-9-15-12)7-6-11-4-3-8-14-10-11/h1-10H,(H,15,16,17). The number of carbonyl (C=O) groups excluding carboxylic acids is 1. The Labute approximate surface area is 99.0 Å². The summed E-state index contributed by atoms with van der Waals surface area (Å²) in [6.45, 7) is 0. The van der Waals surface area contributed by atoms with Gasteiger partial charge in [-0.25, -0.2) is 4.98 Å². The molecule has 0 saturated heterocycles.